The van der Waals surface area contributed by atoms with Crippen LogP contribution in [-0.2, 0) is 6.54 Å². The summed E-state index contributed by atoms with van der Waals surface area (Å²) in [5.74, 6) is 0.864. The summed E-state index contributed by atoms with van der Waals surface area (Å²) < 4.78 is 0. The van der Waals surface area contributed by atoms with E-state index < -0.39 is 0 Å². The molecule has 0 saturated carbocycles. The summed E-state index contributed by atoms with van der Waals surface area (Å²) in [6.45, 7) is 8.90. The molecule has 94 valence electrons. The fourth-order valence-corrected chi connectivity index (χ4v) is 2.42. The molecule has 0 unspecified atom stereocenters. The van der Waals surface area contributed by atoms with E-state index in [0.717, 1.165) is 19.0 Å². The first-order valence-corrected chi connectivity index (χ1v) is 6.73. The molecule has 1 saturated heterocycles. The summed E-state index contributed by atoms with van der Waals surface area (Å²) >= 11 is 0. The minimum Gasteiger partial charge on any atom is -0.317 e. The number of hydrogen-bond donors (Lipinski definition) is 2. The first-order chi connectivity index (χ1) is 8.25. The molecule has 0 spiro atoms. The summed E-state index contributed by atoms with van der Waals surface area (Å²) in [5.41, 5.74) is 4.18. The van der Waals surface area contributed by atoms with E-state index in [0.29, 0.717) is 0 Å². The van der Waals surface area contributed by atoms with Crippen LogP contribution in [0.25, 0.3) is 0 Å². The number of hydrogen-bond acceptors (Lipinski definition) is 2. The van der Waals surface area contributed by atoms with Gasteiger partial charge < -0.3 is 10.6 Å². The van der Waals surface area contributed by atoms with Crippen molar-refractivity contribution in [2.45, 2.75) is 33.2 Å². The van der Waals surface area contributed by atoms with E-state index in [1.54, 1.807) is 0 Å². The van der Waals surface area contributed by atoms with E-state index in [-0.39, 0.29) is 0 Å². The van der Waals surface area contributed by atoms with Crippen LogP contribution in [0.15, 0.2) is 18.2 Å². The van der Waals surface area contributed by atoms with Gasteiger partial charge >= 0.3 is 0 Å². The summed E-state index contributed by atoms with van der Waals surface area (Å²) in [4.78, 5) is 0. The van der Waals surface area contributed by atoms with Crippen LogP contribution in [0.5, 0.6) is 0 Å². The van der Waals surface area contributed by atoms with Crippen LogP contribution >= 0.6 is 0 Å². The molecule has 0 aromatic heterocycles. The normalized spacial score (nSPS) is 17.3. The second kappa shape index (κ2) is 6.18. The van der Waals surface area contributed by atoms with Gasteiger partial charge in [-0.25, -0.2) is 0 Å². The number of nitrogens with one attached hydrogen (secondary N) is 2. The van der Waals surface area contributed by atoms with Crippen molar-refractivity contribution in [2.24, 2.45) is 5.92 Å². The molecule has 1 aliphatic heterocycles. The van der Waals surface area contributed by atoms with Crippen molar-refractivity contribution < 1.29 is 0 Å². The Morgan fingerprint density at radius 2 is 1.94 bits per heavy atom. The number of benzene rings is 1. The van der Waals surface area contributed by atoms with Gasteiger partial charge in [-0.3, -0.25) is 0 Å². The maximum atomic E-state index is 3.59. The maximum Gasteiger partial charge on any atom is 0.0205 e. The lowest BCUT2D eigenvalue weighted by Crippen LogP contribution is -2.33. The third-order valence-electron chi connectivity index (χ3n) is 3.79. The van der Waals surface area contributed by atoms with Gasteiger partial charge in [0.25, 0.3) is 0 Å². The highest BCUT2D eigenvalue weighted by Crippen LogP contribution is 2.12. The van der Waals surface area contributed by atoms with Gasteiger partial charge in [-0.05, 0) is 68.9 Å². The van der Waals surface area contributed by atoms with Gasteiger partial charge in [-0.2, -0.15) is 0 Å². The zero-order valence-corrected chi connectivity index (χ0v) is 11.1. The lowest BCUT2D eigenvalue weighted by atomic mass is 9.98. The van der Waals surface area contributed by atoms with E-state index in [9.17, 15) is 0 Å². The van der Waals surface area contributed by atoms with Crippen molar-refractivity contribution in [3.05, 3.63) is 34.9 Å². The van der Waals surface area contributed by atoms with Crippen molar-refractivity contribution in [2.75, 3.05) is 19.6 Å². The van der Waals surface area contributed by atoms with Crippen LogP contribution in [-0.4, -0.2) is 19.6 Å². The minimum atomic E-state index is 0.864. The number of piperidine rings is 1. The molecule has 2 heteroatoms. The molecule has 0 amide bonds. The lowest BCUT2D eigenvalue weighted by Gasteiger charge is -2.22. The first-order valence-electron chi connectivity index (χ1n) is 6.73. The Balaban J connectivity index is 1.75. The van der Waals surface area contributed by atoms with E-state index in [2.05, 4.69) is 42.7 Å². The molecular formula is C15H24N2. The fraction of sp³-hybridized carbons (Fsp3) is 0.600. The summed E-state index contributed by atoms with van der Waals surface area (Å²) in [7, 11) is 0. The molecule has 0 aliphatic carbocycles. The predicted octanol–water partition coefficient (Wildman–Crippen LogP) is 2.39. The number of rotatable bonds is 4. The van der Waals surface area contributed by atoms with Gasteiger partial charge in [0.05, 0.1) is 0 Å². The van der Waals surface area contributed by atoms with Crippen LogP contribution in [0, 0.1) is 19.8 Å². The summed E-state index contributed by atoms with van der Waals surface area (Å²) in [6.07, 6.45) is 2.64. The van der Waals surface area contributed by atoms with Gasteiger partial charge in [-0.1, -0.05) is 18.2 Å². The Bertz CT molecular complexity index is 354. The van der Waals surface area contributed by atoms with E-state index >= 15 is 0 Å². The van der Waals surface area contributed by atoms with Gasteiger partial charge in [-0.15, -0.1) is 0 Å². The first kappa shape index (κ1) is 12.6. The quantitative estimate of drug-likeness (QED) is 0.833. The molecule has 2 nitrogen and oxygen atoms in total. The van der Waals surface area contributed by atoms with Crippen LogP contribution in [0.2, 0.25) is 0 Å². The largest absolute Gasteiger partial charge is 0.317 e. The molecule has 0 atom stereocenters. The molecule has 17 heavy (non-hydrogen) atoms. The smallest absolute Gasteiger partial charge is 0.0205 e. The molecule has 2 N–H and O–H groups in total. The van der Waals surface area contributed by atoms with Crippen LogP contribution < -0.4 is 10.6 Å². The standard InChI is InChI=1S/C15H24N2/c1-12-3-4-15(9-13(12)2)11-17-10-14-5-7-16-8-6-14/h3-4,9,14,16-17H,5-8,10-11H2,1-2H3. The Hall–Kier alpha value is -0.860. The predicted molar refractivity (Wildman–Crippen MR) is 73.2 cm³/mol. The van der Waals surface area contributed by atoms with Crippen LogP contribution in [0.1, 0.15) is 29.5 Å². The molecule has 1 heterocycles. The zero-order valence-electron chi connectivity index (χ0n) is 11.1. The average Bonchev–Trinajstić information content (AvgIpc) is 2.35. The molecule has 1 aromatic carbocycles. The molecule has 1 aromatic rings. The summed E-state index contributed by atoms with van der Waals surface area (Å²) in [6, 6.07) is 6.75. The Kier molecular flexibility index (Phi) is 4.57. The maximum absolute atomic E-state index is 3.59. The topological polar surface area (TPSA) is 24.1 Å². The molecule has 0 radical (unpaired) electrons. The Morgan fingerprint density at radius 3 is 2.65 bits per heavy atom. The number of aryl methyl sites for hydroxylation is 2. The third-order valence-corrected chi connectivity index (χ3v) is 3.79. The van der Waals surface area contributed by atoms with Gasteiger partial charge in [0.15, 0.2) is 0 Å². The van der Waals surface area contributed by atoms with Gasteiger partial charge in [0, 0.05) is 6.54 Å². The van der Waals surface area contributed by atoms with E-state index in [4.69, 9.17) is 0 Å². The average molecular weight is 232 g/mol. The molecule has 1 aliphatic rings. The summed E-state index contributed by atoms with van der Waals surface area (Å²) in [5, 5.41) is 7.00. The monoisotopic (exact) mass is 232 g/mol. The molecule has 1 fully saturated rings. The van der Waals surface area contributed by atoms with Crippen molar-refractivity contribution in [3.63, 3.8) is 0 Å². The van der Waals surface area contributed by atoms with Crippen LogP contribution in [0.4, 0.5) is 0 Å². The van der Waals surface area contributed by atoms with Crippen molar-refractivity contribution >= 4 is 0 Å². The van der Waals surface area contributed by atoms with Gasteiger partial charge in [0.2, 0.25) is 0 Å². The van der Waals surface area contributed by atoms with Crippen molar-refractivity contribution in [1.82, 2.24) is 10.6 Å². The zero-order chi connectivity index (χ0) is 12.1. The Morgan fingerprint density at radius 1 is 1.18 bits per heavy atom. The molecule has 2 rings (SSSR count). The van der Waals surface area contributed by atoms with E-state index in [1.165, 1.54) is 42.6 Å². The highest BCUT2D eigenvalue weighted by atomic mass is 14.9. The minimum absolute atomic E-state index is 0.864. The van der Waals surface area contributed by atoms with Crippen LogP contribution in [0.3, 0.4) is 0 Å². The fourth-order valence-electron chi connectivity index (χ4n) is 2.42. The second-order valence-electron chi connectivity index (χ2n) is 5.24. The van der Waals surface area contributed by atoms with Crippen molar-refractivity contribution in [1.29, 1.82) is 0 Å². The van der Waals surface area contributed by atoms with Crippen molar-refractivity contribution in [3.8, 4) is 0 Å². The van der Waals surface area contributed by atoms with E-state index in [1.807, 2.05) is 0 Å². The Labute approximate surface area is 105 Å². The highest BCUT2D eigenvalue weighted by Gasteiger charge is 2.11. The molecule has 0 bridgehead atoms. The SMILES string of the molecule is Cc1ccc(CNCC2CCNCC2)cc1C. The molecular weight excluding hydrogens is 208 g/mol. The third kappa shape index (κ3) is 3.83. The second-order valence-corrected chi connectivity index (χ2v) is 5.24. The highest BCUT2D eigenvalue weighted by molar-refractivity contribution is 5.29. The lowest BCUT2D eigenvalue weighted by molar-refractivity contribution is 0.356. The van der Waals surface area contributed by atoms with Gasteiger partial charge in [0.1, 0.15) is 0 Å².